The molecule has 0 aromatic carbocycles. The highest BCUT2D eigenvalue weighted by molar-refractivity contribution is 5.71. The van der Waals surface area contributed by atoms with Gasteiger partial charge in [0.1, 0.15) is 0 Å². The minimum atomic E-state index is -0.601. The molecule has 3 heterocycles. The monoisotopic (exact) mass is 169 g/mol. The van der Waals surface area contributed by atoms with Gasteiger partial charge in [-0.1, -0.05) is 6.92 Å². The Morgan fingerprint density at radius 3 is 2.67 bits per heavy atom. The molecule has 0 radical (unpaired) electrons. The van der Waals surface area contributed by atoms with Gasteiger partial charge >= 0.3 is 5.97 Å². The molecule has 3 rings (SSSR count). The summed E-state index contributed by atoms with van der Waals surface area (Å²) in [5.41, 5.74) is 0. The zero-order valence-electron chi connectivity index (χ0n) is 7.36. The van der Waals surface area contributed by atoms with Crippen molar-refractivity contribution in [2.24, 2.45) is 17.8 Å². The molecule has 3 aliphatic heterocycles. The molecule has 0 aromatic rings. The van der Waals surface area contributed by atoms with Crippen molar-refractivity contribution in [3.63, 3.8) is 0 Å². The molecule has 0 saturated carbocycles. The van der Waals surface area contributed by atoms with E-state index in [1.54, 1.807) is 0 Å². The van der Waals surface area contributed by atoms with Gasteiger partial charge in [0.25, 0.3) is 0 Å². The maximum absolute atomic E-state index is 10.9. The van der Waals surface area contributed by atoms with Crippen LogP contribution >= 0.6 is 0 Å². The van der Waals surface area contributed by atoms with Crippen LogP contribution in [-0.2, 0) is 4.79 Å². The molecule has 3 nitrogen and oxygen atoms in total. The summed E-state index contributed by atoms with van der Waals surface area (Å²) >= 11 is 0. The fourth-order valence-corrected chi connectivity index (χ4v) is 2.69. The van der Waals surface area contributed by atoms with Gasteiger partial charge < -0.3 is 10.0 Å². The van der Waals surface area contributed by atoms with Gasteiger partial charge in [0.2, 0.25) is 0 Å². The van der Waals surface area contributed by atoms with Gasteiger partial charge in [-0.25, -0.2) is 0 Å². The molecule has 3 aliphatic rings. The zero-order chi connectivity index (χ0) is 8.72. The Balaban J connectivity index is 2.14. The average Bonchev–Trinajstić information content (AvgIpc) is 2.04. The molecule has 0 amide bonds. The van der Waals surface area contributed by atoms with E-state index in [-0.39, 0.29) is 5.92 Å². The predicted molar refractivity (Wildman–Crippen MR) is 44.8 cm³/mol. The van der Waals surface area contributed by atoms with Gasteiger partial charge in [-0.2, -0.15) is 0 Å². The van der Waals surface area contributed by atoms with Crippen LogP contribution in [0.25, 0.3) is 0 Å². The molecule has 4 unspecified atom stereocenters. The van der Waals surface area contributed by atoms with Gasteiger partial charge in [-0.05, 0) is 24.8 Å². The molecule has 4 atom stereocenters. The average molecular weight is 169 g/mol. The minimum Gasteiger partial charge on any atom is -0.481 e. The topological polar surface area (TPSA) is 40.5 Å². The van der Waals surface area contributed by atoms with E-state index in [2.05, 4.69) is 11.8 Å². The summed E-state index contributed by atoms with van der Waals surface area (Å²) in [5, 5.41) is 8.95. The molecule has 12 heavy (non-hydrogen) atoms. The molecule has 68 valence electrons. The van der Waals surface area contributed by atoms with Crippen LogP contribution < -0.4 is 0 Å². The molecular weight excluding hydrogens is 154 g/mol. The number of hydrogen-bond donors (Lipinski definition) is 1. The first kappa shape index (κ1) is 8.05. The van der Waals surface area contributed by atoms with Crippen molar-refractivity contribution in [1.29, 1.82) is 0 Å². The first-order chi connectivity index (χ1) is 5.68. The highest BCUT2D eigenvalue weighted by Gasteiger charge is 2.42. The predicted octanol–water partition coefficient (Wildman–Crippen LogP) is 0.659. The van der Waals surface area contributed by atoms with Gasteiger partial charge in [0.15, 0.2) is 0 Å². The van der Waals surface area contributed by atoms with E-state index in [4.69, 9.17) is 5.11 Å². The lowest BCUT2D eigenvalue weighted by atomic mass is 9.73. The number of aliphatic carboxylic acids is 1. The van der Waals surface area contributed by atoms with E-state index in [0.717, 1.165) is 26.1 Å². The molecule has 2 bridgehead atoms. The number of piperidine rings is 3. The summed E-state index contributed by atoms with van der Waals surface area (Å²) in [6, 6.07) is 0. The number of nitrogens with zero attached hydrogens (tertiary/aromatic N) is 1. The number of rotatable bonds is 1. The molecule has 3 saturated heterocycles. The standard InChI is InChI=1S/C9H15NO2/c1-6-4-10-3-2-7(6)8(5-10)9(11)12/h6-8H,2-5H2,1H3,(H,11,12). The smallest absolute Gasteiger partial charge is 0.308 e. The Morgan fingerprint density at radius 2 is 2.25 bits per heavy atom. The van der Waals surface area contributed by atoms with Crippen molar-refractivity contribution < 1.29 is 9.90 Å². The third-order valence-electron chi connectivity index (χ3n) is 3.34. The van der Waals surface area contributed by atoms with E-state index in [0.29, 0.717) is 11.8 Å². The van der Waals surface area contributed by atoms with Crippen LogP contribution in [0.4, 0.5) is 0 Å². The Bertz CT molecular complexity index is 205. The van der Waals surface area contributed by atoms with Gasteiger partial charge in [0.05, 0.1) is 5.92 Å². The van der Waals surface area contributed by atoms with Crippen LogP contribution in [-0.4, -0.2) is 35.6 Å². The molecule has 3 fully saturated rings. The van der Waals surface area contributed by atoms with Gasteiger partial charge in [0, 0.05) is 13.1 Å². The molecule has 3 heteroatoms. The first-order valence-corrected chi connectivity index (χ1v) is 4.63. The fourth-order valence-electron chi connectivity index (χ4n) is 2.69. The van der Waals surface area contributed by atoms with E-state index in [1.807, 2.05) is 0 Å². The Hall–Kier alpha value is -0.570. The van der Waals surface area contributed by atoms with Gasteiger partial charge in [-0.3, -0.25) is 4.79 Å². The van der Waals surface area contributed by atoms with Crippen LogP contribution in [0.3, 0.4) is 0 Å². The molecule has 0 aromatic heterocycles. The lowest BCUT2D eigenvalue weighted by Gasteiger charge is -2.47. The molecule has 1 N–H and O–H groups in total. The fraction of sp³-hybridized carbons (Fsp3) is 0.889. The van der Waals surface area contributed by atoms with Crippen LogP contribution in [0.5, 0.6) is 0 Å². The number of carboxylic acid groups (broad SMARTS) is 1. The summed E-state index contributed by atoms with van der Waals surface area (Å²) in [4.78, 5) is 13.1. The minimum absolute atomic E-state index is 0.0949. The molecule has 0 spiro atoms. The van der Waals surface area contributed by atoms with Crippen LogP contribution in [0.1, 0.15) is 13.3 Å². The van der Waals surface area contributed by atoms with Crippen molar-refractivity contribution in [2.75, 3.05) is 19.6 Å². The van der Waals surface area contributed by atoms with Gasteiger partial charge in [-0.15, -0.1) is 0 Å². The van der Waals surface area contributed by atoms with E-state index in [9.17, 15) is 4.79 Å². The highest BCUT2D eigenvalue weighted by Crippen LogP contribution is 2.36. The van der Waals surface area contributed by atoms with Crippen LogP contribution in [0.2, 0.25) is 0 Å². The SMILES string of the molecule is CC1CN2CCC1C(C(=O)O)C2. The third kappa shape index (κ3) is 1.12. The second-order valence-corrected chi connectivity index (χ2v) is 4.13. The van der Waals surface area contributed by atoms with Crippen LogP contribution in [0, 0.1) is 17.8 Å². The van der Waals surface area contributed by atoms with Crippen molar-refractivity contribution in [3.8, 4) is 0 Å². The number of hydrogen-bond acceptors (Lipinski definition) is 2. The third-order valence-corrected chi connectivity index (χ3v) is 3.34. The number of fused-ring (bicyclic) bond motifs is 3. The van der Waals surface area contributed by atoms with E-state index < -0.39 is 5.97 Å². The zero-order valence-corrected chi connectivity index (χ0v) is 7.36. The summed E-state index contributed by atoms with van der Waals surface area (Å²) in [6.07, 6.45) is 1.08. The second-order valence-electron chi connectivity index (χ2n) is 4.13. The normalized spacial score (nSPS) is 46.1. The van der Waals surface area contributed by atoms with E-state index in [1.165, 1.54) is 0 Å². The Labute approximate surface area is 72.4 Å². The quantitative estimate of drug-likeness (QED) is 0.627. The summed E-state index contributed by atoms with van der Waals surface area (Å²) in [6.45, 7) is 5.17. The maximum Gasteiger partial charge on any atom is 0.308 e. The summed E-state index contributed by atoms with van der Waals surface area (Å²) < 4.78 is 0. The summed E-state index contributed by atoms with van der Waals surface area (Å²) in [5.74, 6) is 0.319. The number of carboxylic acids is 1. The maximum atomic E-state index is 10.9. The Morgan fingerprint density at radius 1 is 1.50 bits per heavy atom. The second kappa shape index (κ2) is 2.73. The number of carbonyl (C=O) groups is 1. The van der Waals surface area contributed by atoms with Crippen LogP contribution in [0.15, 0.2) is 0 Å². The van der Waals surface area contributed by atoms with Crippen molar-refractivity contribution in [3.05, 3.63) is 0 Å². The molecular formula is C9H15NO2. The van der Waals surface area contributed by atoms with Crippen molar-refractivity contribution >= 4 is 5.97 Å². The van der Waals surface area contributed by atoms with Crippen molar-refractivity contribution in [2.45, 2.75) is 13.3 Å². The lowest BCUT2D eigenvalue weighted by Crippen LogP contribution is -2.54. The highest BCUT2D eigenvalue weighted by atomic mass is 16.4. The largest absolute Gasteiger partial charge is 0.481 e. The Kier molecular flexibility index (Phi) is 1.83. The summed E-state index contributed by atoms with van der Waals surface area (Å²) in [7, 11) is 0. The first-order valence-electron chi connectivity index (χ1n) is 4.63. The van der Waals surface area contributed by atoms with Crippen molar-refractivity contribution in [1.82, 2.24) is 4.90 Å². The lowest BCUT2D eigenvalue weighted by molar-refractivity contribution is -0.150. The molecule has 0 aliphatic carbocycles. The van der Waals surface area contributed by atoms with E-state index >= 15 is 0 Å².